The fourth-order valence-electron chi connectivity index (χ4n) is 5.45. The molecule has 0 bridgehead atoms. The quantitative estimate of drug-likeness (QED) is 0.639. The fourth-order valence-corrected chi connectivity index (χ4v) is 5.45. The summed E-state index contributed by atoms with van der Waals surface area (Å²) in [6.07, 6.45) is 7.65. The summed E-state index contributed by atoms with van der Waals surface area (Å²) in [6, 6.07) is 0.915. The van der Waals surface area contributed by atoms with Crippen molar-refractivity contribution in [2.45, 2.75) is 75.4 Å². The van der Waals surface area contributed by atoms with E-state index in [1.54, 1.807) is 4.90 Å². The molecular formula is C22H33N5O3. The van der Waals surface area contributed by atoms with E-state index in [4.69, 9.17) is 0 Å². The molecule has 4 atom stereocenters. The van der Waals surface area contributed by atoms with Crippen molar-refractivity contribution in [2.75, 3.05) is 26.7 Å². The summed E-state index contributed by atoms with van der Waals surface area (Å²) in [5.41, 5.74) is -0.461. The van der Waals surface area contributed by atoms with Gasteiger partial charge in [0, 0.05) is 19.0 Å². The van der Waals surface area contributed by atoms with E-state index in [0.29, 0.717) is 38.3 Å². The highest BCUT2D eigenvalue weighted by atomic mass is 16.2. The summed E-state index contributed by atoms with van der Waals surface area (Å²) < 4.78 is 0. The second-order valence-corrected chi connectivity index (χ2v) is 9.56. The smallest absolute Gasteiger partial charge is 0.243 e. The molecule has 3 saturated heterocycles. The maximum atomic E-state index is 13.5. The van der Waals surface area contributed by atoms with Crippen molar-refractivity contribution in [3.63, 3.8) is 0 Å². The van der Waals surface area contributed by atoms with Crippen LogP contribution in [0, 0.1) is 23.2 Å². The molecule has 0 aromatic heterocycles. The van der Waals surface area contributed by atoms with Crippen LogP contribution in [0.1, 0.15) is 57.8 Å². The predicted molar refractivity (Wildman–Crippen MR) is 110 cm³/mol. The van der Waals surface area contributed by atoms with Crippen LogP contribution in [-0.2, 0) is 14.4 Å². The number of nitriles is 1. The first-order valence-electron chi connectivity index (χ1n) is 11.4. The zero-order valence-electron chi connectivity index (χ0n) is 17.9. The molecule has 0 radical (unpaired) electrons. The van der Waals surface area contributed by atoms with E-state index in [1.807, 2.05) is 7.05 Å². The molecule has 1 aliphatic carbocycles. The molecule has 1 saturated carbocycles. The Hall–Kier alpha value is -2.14. The van der Waals surface area contributed by atoms with Crippen molar-refractivity contribution >= 4 is 17.7 Å². The van der Waals surface area contributed by atoms with Gasteiger partial charge in [-0.25, -0.2) is 0 Å². The zero-order chi connectivity index (χ0) is 21.3. The normalized spacial score (nSPS) is 31.5. The number of rotatable bonds is 7. The largest absolute Gasteiger partial charge is 0.356 e. The highest BCUT2D eigenvalue weighted by molar-refractivity contribution is 5.94. The molecule has 8 heteroatoms. The summed E-state index contributed by atoms with van der Waals surface area (Å²) in [6.45, 7) is 2.13. The second kappa shape index (κ2) is 8.54. The monoisotopic (exact) mass is 415 g/mol. The Morgan fingerprint density at radius 3 is 2.67 bits per heavy atom. The summed E-state index contributed by atoms with van der Waals surface area (Å²) in [7, 11) is 2.02. The van der Waals surface area contributed by atoms with Gasteiger partial charge in [0.15, 0.2) is 0 Å². The third-order valence-electron chi connectivity index (χ3n) is 7.58. The predicted octanol–water partition coefficient (Wildman–Crippen LogP) is 0.776. The Kier molecular flexibility index (Phi) is 6.01. The molecule has 1 unspecified atom stereocenters. The molecule has 4 aliphatic rings. The van der Waals surface area contributed by atoms with Crippen molar-refractivity contribution in [1.29, 1.82) is 5.26 Å². The van der Waals surface area contributed by atoms with Crippen LogP contribution in [0.5, 0.6) is 0 Å². The minimum Gasteiger partial charge on any atom is -0.356 e. The SMILES string of the molecule is CN1CCCCC12CCN([C@@H](CC1CC1)C(=O)N[C@H](C#N)C[C@@H]1CCNC1=O)C2=O. The number of nitrogens with one attached hydrogen (secondary N) is 2. The van der Waals surface area contributed by atoms with Gasteiger partial charge in [0.25, 0.3) is 0 Å². The number of likely N-dealkylation sites (tertiary alicyclic amines) is 2. The van der Waals surface area contributed by atoms with Gasteiger partial charge in [-0.2, -0.15) is 5.26 Å². The number of amides is 3. The molecule has 8 nitrogen and oxygen atoms in total. The zero-order valence-corrected chi connectivity index (χ0v) is 17.9. The molecule has 0 aromatic carbocycles. The Morgan fingerprint density at radius 2 is 2.03 bits per heavy atom. The van der Waals surface area contributed by atoms with E-state index >= 15 is 0 Å². The van der Waals surface area contributed by atoms with E-state index in [9.17, 15) is 19.6 Å². The van der Waals surface area contributed by atoms with E-state index in [2.05, 4.69) is 21.6 Å². The standard InChI is InChI=1S/C22H33N5O3/c1-26-10-3-2-7-22(26)8-11-27(21(22)30)18(12-15-4-5-15)20(29)25-17(14-23)13-16-6-9-24-19(16)28/h15-18H,2-13H2,1H3,(H,24,28)(H,25,29)/t16-,17-,18-,22?/m0/s1. The lowest BCUT2D eigenvalue weighted by molar-refractivity contribution is -0.145. The number of nitrogens with zero attached hydrogens (tertiary/aromatic N) is 3. The van der Waals surface area contributed by atoms with Crippen LogP contribution < -0.4 is 10.6 Å². The summed E-state index contributed by atoms with van der Waals surface area (Å²) in [4.78, 5) is 42.6. The highest BCUT2D eigenvalue weighted by Gasteiger charge is 2.53. The third kappa shape index (κ3) is 4.04. The Balaban J connectivity index is 1.45. The molecule has 2 N–H and O–H groups in total. The van der Waals surface area contributed by atoms with Gasteiger partial charge in [-0.15, -0.1) is 0 Å². The summed E-state index contributed by atoms with van der Waals surface area (Å²) in [5, 5.41) is 15.2. The van der Waals surface area contributed by atoms with Crippen molar-refractivity contribution in [3.05, 3.63) is 0 Å². The average Bonchev–Trinajstić information content (AvgIpc) is 3.39. The number of hydrogen-bond donors (Lipinski definition) is 2. The molecule has 3 aliphatic heterocycles. The van der Waals surface area contributed by atoms with Crippen LogP contribution in [0.15, 0.2) is 0 Å². The molecule has 3 heterocycles. The first-order valence-corrected chi connectivity index (χ1v) is 11.4. The highest BCUT2D eigenvalue weighted by Crippen LogP contribution is 2.40. The molecule has 4 fully saturated rings. The number of carbonyl (C=O) groups is 3. The van der Waals surface area contributed by atoms with Crippen LogP contribution in [0.25, 0.3) is 0 Å². The van der Waals surface area contributed by atoms with E-state index in [-0.39, 0.29) is 23.6 Å². The maximum Gasteiger partial charge on any atom is 0.243 e. The Morgan fingerprint density at radius 1 is 1.23 bits per heavy atom. The van der Waals surface area contributed by atoms with Crippen LogP contribution in [0.2, 0.25) is 0 Å². The second-order valence-electron chi connectivity index (χ2n) is 9.56. The van der Waals surface area contributed by atoms with Gasteiger partial charge >= 0.3 is 0 Å². The van der Waals surface area contributed by atoms with Gasteiger partial charge in [-0.3, -0.25) is 19.3 Å². The number of piperidine rings is 1. The fraction of sp³-hybridized carbons (Fsp3) is 0.818. The van der Waals surface area contributed by atoms with Crippen molar-refractivity contribution in [3.8, 4) is 6.07 Å². The van der Waals surface area contributed by atoms with Crippen LogP contribution >= 0.6 is 0 Å². The summed E-state index contributed by atoms with van der Waals surface area (Å²) >= 11 is 0. The molecule has 3 amide bonds. The minimum absolute atomic E-state index is 0.0453. The van der Waals surface area contributed by atoms with E-state index in [0.717, 1.165) is 45.1 Å². The van der Waals surface area contributed by atoms with Crippen molar-refractivity contribution in [2.24, 2.45) is 11.8 Å². The van der Waals surface area contributed by atoms with Gasteiger partial charge in [0.1, 0.15) is 17.6 Å². The maximum absolute atomic E-state index is 13.5. The Labute approximate surface area is 178 Å². The van der Waals surface area contributed by atoms with Gasteiger partial charge in [-0.1, -0.05) is 12.8 Å². The lowest BCUT2D eigenvalue weighted by atomic mass is 9.85. The van der Waals surface area contributed by atoms with Crippen molar-refractivity contribution < 1.29 is 14.4 Å². The third-order valence-corrected chi connectivity index (χ3v) is 7.58. The van der Waals surface area contributed by atoms with Gasteiger partial charge < -0.3 is 15.5 Å². The van der Waals surface area contributed by atoms with Crippen LogP contribution in [0.3, 0.4) is 0 Å². The number of carbonyl (C=O) groups excluding carboxylic acids is 3. The molecule has 30 heavy (non-hydrogen) atoms. The van der Waals surface area contributed by atoms with Gasteiger partial charge in [0.05, 0.1) is 6.07 Å². The van der Waals surface area contributed by atoms with Crippen LogP contribution in [-0.4, -0.2) is 71.8 Å². The topological polar surface area (TPSA) is 106 Å². The molecular weight excluding hydrogens is 382 g/mol. The molecule has 164 valence electrons. The summed E-state index contributed by atoms with van der Waals surface area (Å²) in [5.74, 6) is 0.0423. The lowest BCUT2D eigenvalue weighted by Crippen LogP contribution is -2.58. The molecule has 4 rings (SSSR count). The Bertz CT molecular complexity index is 746. The minimum atomic E-state index is -0.711. The first kappa shape index (κ1) is 21.1. The van der Waals surface area contributed by atoms with Gasteiger partial charge in [-0.05, 0) is 64.5 Å². The average molecular weight is 416 g/mol. The molecule has 1 spiro atoms. The lowest BCUT2D eigenvalue weighted by Gasteiger charge is -2.41. The number of hydrogen-bond acceptors (Lipinski definition) is 5. The molecule has 0 aromatic rings. The van der Waals surface area contributed by atoms with Crippen molar-refractivity contribution in [1.82, 2.24) is 20.4 Å². The first-order chi connectivity index (χ1) is 14.4. The van der Waals surface area contributed by atoms with E-state index in [1.165, 1.54) is 0 Å². The van der Waals surface area contributed by atoms with E-state index < -0.39 is 17.6 Å². The van der Waals surface area contributed by atoms with Gasteiger partial charge in [0.2, 0.25) is 17.7 Å². The van der Waals surface area contributed by atoms with Crippen LogP contribution in [0.4, 0.5) is 0 Å². The number of likely N-dealkylation sites (N-methyl/N-ethyl adjacent to an activating group) is 1.